The van der Waals surface area contributed by atoms with Crippen molar-refractivity contribution in [3.8, 4) is 17.3 Å². The van der Waals surface area contributed by atoms with E-state index in [2.05, 4.69) is 5.10 Å². The molecule has 1 aromatic carbocycles. The topological polar surface area (TPSA) is 93.0 Å². The van der Waals surface area contributed by atoms with E-state index in [0.29, 0.717) is 29.9 Å². The second-order valence-electron chi connectivity index (χ2n) is 7.59. The monoisotopic (exact) mass is 396 g/mol. The molecule has 1 aliphatic carbocycles. The lowest BCUT2D eigenvalue weighted by Crippen LogP contribution is -2.27. The van der Waals surface area contributed by atoms with Crippen LogP contribution in [0.2, 0.25) is 0 Å². The molecule has 0 saturated heterocycles. The first-order chi connectivity index (χ1) is 14.1. The van der Waals surface area contributed by atoms with Crippen LogP contribution < -0.4 is 15.2 Å². The van der Waals surface area contributed by atoms with Crippen molar-refractivity contribution in [2.24, 2.45) is 12.8 Å². The highest BCUT2D eigenvalue weighted by Crippen LogP contribution is 2.33. The Balaban J connectivity index is 1.67. The zero-order chi connectivity index (χ0) is 20.4. The Kier molecular flexibility index (Phi) is 5.53. The summed E-state index contributed by atoms with van der Waals surface area (Å²) in [6, 6.07) is 8.17. The molecule has 0 aliphatic heterocycles. The van der Waals surface area contributed by atoms with E-state index in [1.54, 1.807) is 20.4 Å². The third-order valence-electron chi connectivity index (χ3n) is 5.64. The number of ether oxygens (including phenoxy) is 2. The van der Waals surface area contributed by atoms with Gasteiger partial charge in [-0.15, -0.1) is 5.10 Å². The van der Waals surface area contributed by atoms with Crippen LogP contribution in [0.1, 0.15) is 48.8 Å². The standard InChI is InChI=1S/C21H28N6O2/c1-26-20(10-11-23-26)27-21(15-5-7-16(22)8-6-15)24-19(25-27)13-14-4-9-17(28-2)18(12-14)29-3/h4,9-12,15-16H,5-8,13,22H2,1-3H3. The van der Waals surface area contributed by atoms with E-state index < -0.39 is 0 Å². The van der Waals surface area contributed by atoms with E-state index in [1.165, 1.54) is 0 Å². The van der Waals surface area contributed by atoms with Crippen molar-refractivity contribution in [2.75, 3.05) is 14.2 Å². The van der Waals surface area contributed by atoms with Crippen LogP contribution in [0.4, 0.5) is 0 Å². The van der Waals surface area contributed by atoms with Crippen LogP contribution in [-0.2, 0) is 13.5 Å². The van der Waals surface area contributed by atoms with Crippen LogP contribution in [-0.4, -0.2) is 44.8 Å². The zero-order valence-electron chi connectivity index (χ0n) is 17.2. The minimum Gasteiger partial charge on any atom is -0.493 e. The molecular formula is C21H28N6O2. The van der Waals surface area contributed by atoms with Crippen LogP contribution >= 0.6 is 0 Å². The molecule has 8 heteroatoms. The van der Waals surface area contributed by atoms with E-state index >= 15 is 0 Å². The quantitative estimate of drug-likeness (QED) is 0.688. The lowest BCUT2D eigenvalue weighted by atomic mass is 9.86. The number of nitrogens with zero attached hydrogens (tertiary/aromatic N) is 5. The molecule has 4 rings (SSSR count). The Morgan fingerprint density at radius 1 is 1.07 bits per heavy atom. The van der Waals surface area contributed by atoms with E-state index in [4.69, 9.17) is 25.3 Å². The van der Waals surface area contributed by atoms with E-state index in [0.717, 1.165) is 48.7 Å². The summed E-state index contributed by atoms with van der Waals surface area (Å²) in [4.78, 5) is 4.95. The first kappa shape index (κ1) is 19.4. The molecule has 2 N–H and O–H groups in total. The van der Waals surface area contributed by atoms with E-state index in [9.17, 15) is 0 Å². The smallest absolute Gasteiger partial charge is 0.161 e. The average Bonchev–Trinajstić information content (AvgIpc) is 3.34. The molecule has 0 bridgehead atoms. The van der Waals surface area contributed by atoms with Gasteiger partial charge in [-0.3, -0.25) is 4.68 Å². The van der Waals surface area contributed by atoms with Crippen LogP contribution in [0.3, 0.4) is 0 Å². The minimum atomic E-state index is 0.297. The van der Waals surface area contributed by atoms with Crippen molar-refractivity contribution in [3.63, 3.8) is 0 Å². The molecule has 154 valence electrons. The number of hydrogen-bond donors (Lipinski definition) is 1. The highest BCUT2D eigenvalue weighted by Gasteiger charge is 2.26. The fourth-order valence-electron chi connectivity index (χ4n) is 4.00. The van der Waals surface area contributed by atoms with E-state index in [1.807, 2.05) is 40.7 Å². The normalized spacial score (nSPS) is 19.3. The van der Waals surface area contributed by atoms with Gasteiger partial charge >= 0.3 is 0 Å². The van der Waals surface area contributed by atoms with Crippen molar-refractivity contribution in [2.45, 2.75) is 44.1 Å². The van der Waals surface area contributed by atoms with Crippen LogP contribution in [0.25, 0.3) is 5.82 Å². The van der Waals surface area contributed by atoms with Gasteiger partial charge in [0.2, 0.25) is 0 Å². The summed E-state index contributed by atoms with van der Waals surface area (Å²) >= 11 is 0. The van der Waals surface area contributed by atoms with Gasteiger partial charge in [-0.1, -0.05) is 6.07 Å². The highest BCUT2D eigenvalue weighted by molar-refractivity contribution is 5.43. The molecule has 0 atom stereocenters. The summed E-state index contributed by atoms with van der Waals surface area (Å²) in [6.45, 7) is 0. The van der Waals surface area contributed by atoms with Gasteiger partial charge in [-0.25, -0.2) is 4.98 Å². The molecule has 0 radical (unpaired) electrons. The maximum atomic E-state index is 6.11. The Hall–Kier alpha value is -2.87. The summed E-state index contributed by atoms with van der Waals surface area (Å²) in [7, 11) is 5.20. The number of hydrogen-bond acceptors (Lipinski definition) is 6. The predicted octanol–water partition coefficient (Wildman–Crippen LogP) is 2.59. The maximum absolute atomic E-state index is 6.11. The number of aryl methyl sites for hydroxylation is 1. The Labute approximate surface area is 170 Å². The maximum Gasteiger partial charge on any atom is 0.161 e. The van der Waals surface area contributed by atoms with Crippen molar-refractivity contribution >= 4 is 0 Å². The third kappa shape index (κ3) is 3.98. The number of benzene rings is 1. The molecular weight excluding hydrogens is 368 g/mol. The van der Waals surface area contributed by atoms with E-state index in [-0.39, 0.29) is 0 Å². The number of aromatic nitrogens is 5. The summed E-state index contributed by atoms with van der Waals surface area (Å²) < 4.78 is 14.5. The molecule has 2 heterocycles. The minimum absolute atomic E-state index is 0.297. The second-order valence-corrected chi connectivity index (χ2v) is 7.59. The molecule has 1 saturated carbocycles. The predicted molar refractivity (Wildman–Crippen MR) is 110 cm³/mol. The van der Waals surface area contributed by atoms with Crippen molar-refractivity contribution in [1.82, 2.24) is 24.5 Å². The van der Waals surface area contributed by atoms with Gasteiger partial charge in [0.15, 0.2) is 23.1 Å². The molecule has 29 heavy (non-hydrogen) atoms. The number of nitrogens with two attached hydrogens (primary N) is 1. The third-order valence-corrected chi connectivity index (χ3v) is 5.64. The first-order valence-corrected chi connectivity index (χ1v) is 9.99. The number of rotatable bonds is 6. The SMILES string of the molecule is COc1ccc(Cc2nc(C3CCC(N)CC3)n(-c3ccnn3C)n2)cc1OC. The Bertz CT molecular complexity index is 971. The van der Waals surface area contributed by atoms with Crippen LogP contribution in [0.15, 0.2) is 30.5 Å². The molecule has 0 unspecified atom stereocenters. The Morgan fingerprint density at radius 2 is 1.83 bits per heavy atom. The highest BCUT2D eigenvalue weighted by atomic mass is 16.5. The van der Waals surface area contributed by atoms with Gasteiger partial charge in [0, 0.05) is 31.5 Å². The summed E-state index contributed by atoms with van der Waals surface area (Å²) in [5.74, 6) is 4.47. The van der Waals surface area contributed by atoms with Crippen molar-refractivity contribution in [1.29, 1.82) is 0 Å². The molecule has 1 aliphatic rings. The van der Waals surface area contributed by atoms with Crippen molar-refractivity contribution in [3.05, 3.63) is 47.7 Å². The molecule has 3 aromatic rings. The summed E-state index contributed by atoms with van der Waals surface area (Å²) in [5, 5.41) is 9.15. The van der Waals surface area contributed by atoms with Gasteiger partial charge in [0.05, 0.1) is 20.4 Å². The molecule has 0 spiro atoms. The summed E-state index contributed by atoms with van der Waals surface area (Å²) in [6.07, 6.45) is 6.51. The Morgan fingerprint density at radius 3 is 2.48 bits per heavy atom. The number of methoxy groups -OCH3 is 2. The summed E-state index contributed by atoms with van der Waals surface area (Å²) in [5.41, 5.74) is 7.18. The van der Waals surface area contributed by atoms with Crippen molar-refractivity contribution < 1.29 is 9.47 Å². The fraction of sp³-hybridized carbons (Fsp3) is 0.476. The van der Waals surface area contributed by atoms with Crippen LogP contribution in [0, 0.1) is 0 Å². The fourth-order valence-corrected chi connectivity index (χ4v) is 4.00. The molecule has 0 amide bonds. The molecule has 2 aromatic heterocycles. The van der Waals surface area contributed by atoms with Gasteiger partial charge in [0.25, 0.3) is 0 Å². The van der Waals surface area contributed by atoms with Gasteiger partial charge in [-0.05, 0) is 43.4 Å². The lowest BCUT2D eigenvalue weighted by Gasteiger charge is -2.25. The van der Waals surface area contributed by atoms with Gasteiger partial charge < -0.3 is 15.2 Å². The lowest BCUT2D eigenvalue weighted by molar-refractivity contribution is 0.354. The first-order valence-electron chi connectivity index (χ1n) is 9.99. The molecule has 1 fully saturated rings. The molecule has 8 nitrogen and oxygen atoms in total. The van der Waals surface area contributed by atoms with Gasteiger partial charge in [-0.2, -0.15) is 9.78 Å². The average molecular weight is 396 g/mol. The van der Waals surface area contributed by atoms with Gasteiger partial charge in [0.1, 0.15) is 5.82 Å². The zero-order valence-corrected chi connectivity index (χ0v) is 17.2. The second kappa shape index (κ2) is 8.24. The largest absolute Gasteiger partial charge is 0.493 e. The van der Waals surface area contributed by atoms with Crippen LogP contribution in [0.5, 0.6) is 11.5 Å².